The van der Waals surface area contributed by atoms with Gasteiger partial charge in [0.1, 0.15) is 5.75 Å². The lowest BCUT2D eigenvalue weighted by atomic mass is 10.2. The molecule has 2 aromatic rings. The molecule has 2 amide bonds. The first-order valence-corrected chi connectivity index (χ1v) is 9.04. The molecule has 1 aliphatic heterocycles. The lowest BCUT2D eigenvalue weighted by molar-refractivity contribution is -0.123. The summed E-state index contributed by atoms with van der Waals surface area (Å²) in [6.45, 7) is 2.14. The van der Waals surface area contributed by atoms with Crippen LogP contribution in [0.1, 0.15) is 30.1 Å². The standard InChI is InChI=1S/C21H22N2O5/c1-14(20(25)22-16-8-10-18(27-2)11-9-16)28-21(26)15-5-3-6-17(13-15)23-12-4-7-19(23)24/h3,5-6,8-11,13-14H,4,7,12H2,1-2H3,(H,22,25)/t14-/m0/s1. The Morgan fingerprint density at radius 3 is 2.54 bits per heavy atom. The molecule has 1 atom stereocenters. The number of anilines is 2. The van der Waals surface area contributed by atoms with Crippen LogP contribution < -0.4 is 15.0 Å². The van der Waals surface area contributed by atoms with E-state index in [0.29, 0.717) is 35.7 Å². The fraction of sp³-hybridized carbons (Fsp3) is 0.286. The van der Waals surface area contributed by atoms with Gasteiger partial charge in [0, 0.05) is 24.3 Å². The molecule has 0 aromatic heterocycles. The van der Waals surface area contributed by atoms with E-state index < -0.39 is 18.0 Å². The molecule has 28 heavy (non-hydrogen) atoms. The second-order valence-corrected chi connectivity index (χ2v) is 6.46. The molecule has 7 heteroatoms. The number of hydrogen-bond acceptors (Lipinski definition) is 5. The van der Waals surface area contributed by atoms with E-state index in [1.165, 1.54) is 6.92 Å². The summed E-state index contributed by atoms with van der Waals surface area (Å²) >= 11 is 0. The summed E-state index contributed by atoms with van der Waals surface area (Å²) in [6, 6.07) is 13.5. The Labute approximate surface area is 163 Å². The van der Waals surface area contributed by atoms with Gasteiger partial charge in [-0.05, 0) is 55.8 Å². The largest absolute Gasteiger partial charge is 0.497 e. The highest BCUT2D eigenvalue weighted by Crippen LogP contribution is 2.23. The summed E-state index contributed by atoms with van der Waals surface area (Å²) < 4.78 is 10.4. The van der Waals surface area contributed by atoms with Gasteiger partial charge in [-0.3, -0.25) is 9.59 Å². The van der Waals surface area contributed by atoms with Crippen molar-refractivity contribution in [3.05, 3.63) is 54.1 Å². The first kappa shape index (κ1) is 19.4. The first-order chi connectivity index (χ1) is 13.5. The number of rotatable bonds is 6. The number of amides is 2. The Bertz CT molecular complexity index is 879. The van der Waals surface area contributed by atoms with E-state index in [1.54, 1.807) is 60.5 Å². The maximum absolute atomic E-state index is 12.4. The molecule has 1 aliphatic rings. The lowest BCUT2D eigenvalue weighted by Gasteiger charge is -2.17. The summed E-state index contributed by atoms with van der Waals surface area (Å²) in [7, 11) is 1.56. The van der Waals surface area contributed by atoms with E-state index in [9.17, 15) is 14.4 Å². The zero-order valence-corrected chi connectivity index (χ0v) is 15.8. The quantitative estimate of drug-likeness (QED) is 0.777. The third-order valence-electron chi connectivity index (χ3n) is 4.48. The fourth-order valence-corrected chi connectivity index (χ4v) is 2.92. The number of nitrogens with zero attached hydrogens (tertiary/aromatic N) is 1. The maximum atomic E-state index is 12.4. The van der Waals surface area contributed by atoms with Crippen molar-refractivity contribution in [3.8, 4) is 5.75 Å². The van der Waals surface area contributed by atoms with Crippen LogP contribution in [0.25, 0.3) is 0 Å². The summed E-state index contributed by atoms with van der Waals surface area (Å²) in [6.07, 6.45) is 0.333. The van der Waals surface area contributed by atoms with Gasteiger partial charge in [-0.1, -0.05) is 6.07 Å². The van der Waals surface area contributed by atoms with Gasteiger partial charge in [-0.25, -0.2) is 4.79 Å². The lowest BCUT2D eigenvalue weighted by Crippen LogP contribution is -2.30. The van der Waals surface area contributed by atoms with Crippen molar-refractivity contribution >= 4 is 29.2 Å². The summed E-state index contributed by atoms with van der Waals surface area (Å²) in [5.74, 6) is -0.345. The van der Waals surface area contributed by atoms with Crippen molar-refractivity contribution in [2.24, 2.45) is 0 Å². The van der Waals surface area contributed by atoms with Crippen molar-refractivity contribution in [1.82, 2.24) is 0 Å². The Hall–Kier alpha value is -3.35. The topological polar surface area (TPSA) is 84.9 Å². The molecule has 1 N–H and O–H groups in total. The number of esters is 1. The molecule has 0 bridgehead atoms. The molecule has 1 heterocycles. The predicted octanol–water partition coefficient (Wildman–Crippen LogP) is 3.01. The van der Waals surface area contributed by atoms with Gasteiger partial charge in [0.15, 0.2) is 6.10 Å². The normalized spacial score (nSPS) is 14.5. The minimum atomic E-state index is -0.980. The van der Waals surface area contributed by atoms with Gasteiger partial charge in [-0.2, -0.15) is 0 Å². The first-order valence-electron chi connectivity index (χ1n) is 9.04. The van der Waals surface area contributed by atoms with Crippen molar-refractivity contribution < 1.29 is 23.9 Å². The molecule has 0 saturated carbocycles. The highest BCUT2D eigenvalue weighted by molar-refractivity contribution is 5.99. The molecule has 2 aromatic carbocycles. The zero-order chi connectivity index (χ0) is 20.1. The minimum absolute atomic E-state index is 0.0396. The molecule has 0 radical (unpaired) electrons. The Morgan fingerprint density at radius 2 is 1.89 bits per heavy atom. The molecule has 1 fully saturated rings. The van der Waals surface area contributed by atoms with Gasteiger partial charge < -0.3 is 19.7 Å². The number of benzene rings is 2. The highest BCUT2D eigenvalue weighted by Gasteiger charge is 2.23. The van der Waals surface area contributed by atoms with E-state index in [1.807, 2.05) is 0 Å². The number of nitrogens with one attached hydrogen (secondary N) is 1. The molecular weight excluding hydrogens is 360 g/mol. The maximum Gasteiger partial charge on any atom is 0.338 e. The number of methoxy groups -OCH3 is 1. The average Bonchev–Trinajstić information content (AvgIpc) is 3.14. The number of hydrogen-bond donors (Lipinski definition) is 1. The molecule has 1 saturated heterocycles. The fourth-order valence-electron chi connectivity index (χ4n) is 2.92. The summed E-state index contributed by atoms with van der Waals surface area (Å²) in [5.41, 5.74) is 1.52. The zero-order valence-electron chi connectivity index (χ0n) is 15.8. The third-order valence-corrected chi connectivity index (χ3v) is 4.48. The van der Waals surface area contributed by atoms with Crippen LogP contribution >= 0.6 is 0 Å². The van der Waals surface area contributed by atoms with Crippen LogP contribution in [0, 0.1) is 0 Å². The summed E-state index contributed by atoms with van der Waals surface area (Å²) in [5, 5.41) is 2.69. The number of carbonyl (C=O) groups is 3. The van der Waals surface area contributed by atoms with E-state index in [0.717, 1.165) is 6.42 Å². The SMILES string of the molecule is COc1ccc(NC(=O)[C@H](C)OC(=O)c2cccc(N3CCCC3=O)c2)cc1. The third kappa shape index (κ3) is 4.49. The molecule has 0 unspecified atom stereocenters. The van der Waals surface area contributed by atoms with Crippen LogP contribution in [-0.2, 0) is 14.3 Å². The second kappa shape index (κ2) is 8.56. The summed E-state index contributed by atoms with van der Waals surface area (Å²) in [4.78, 5) is 38.2. The molecule has 146 valence electrons. The molecule has 0 aliphatic carbocycles. The average molecular weight is 382 g/mol. The monoisotopic (exact) mass is 382 g/mol. The van der Waals surface area contributed by atoms with Gasteiger partial charge in [0.25, 0.3) is 5.91 Å². The van der Waals surface area contributed by atoms with Crippen LogP contribution in [0.4, 0.5) is 11.4 Å². The smallest absolute Gasteiger partial charge is 0.338 e. The number of ether oxygens (including phenoxy) is 2. The highest BCUT2D eigenvalue weighted by atomic mass is 16.5. The predicted molar refractivity (Wildman–Crippen MR) is 105 cm³/mol. The molecule has 0 spiro atoms. The van der Waals surface area contributed by atoms with Crippen LogP contribution in [0.15, 0.2) is 48.5 Å². The van der Waals surface area contributed by atoms with E-state index in [2.05, 4.69) is 5.32 Å². The van der Waals surface area contributed by atoms with E-state index in [4.69, 9.17) is 9.47 Å². The van der Waals surface area contributed by atoms with Crippen LogP contribution in [0.2, 0.25) is 0 Å². The molecular formula is C21H22N2O5. The second-order valence-electron chi connectivity index (χ2n) is 6.46. The Balaban J connectivity index is 1.61. The van der Waals surface area contributed by atoms with E-state index >= 15 is 0 Å². The van der Waals surface area contributed by atoms with E-state index in [-0.39, 0.29) is 5.91 Å². The van der Waals surface area contributed by atoms with Gasteiger partial charge in [-0.15, -0.1) is 0 Å². The van der Waals surface area contributed by atoms with Crippen molar-refractivity contribution in [2.45, 2.75) is 25.9 Å². The van der Waals surface area contributed by atoms with Gasteiger partial charge >= 0.3 is 5.97 Å². The van der Waals surface area contributed by atoms with Crippen LogP contribution in [0.3, 0.4) is 0 Å². The van der Waals surface area contributed by atoms with Crippen molar-refractivity contribution in [3.63, 3.8) is 0 Å². The number of carbonyl (C=O) groups excluding carboxylic acids is 3. The molecule has 7 nitrogen and oxygen atoms in total. The van der Waals surface area contributed by atoms with Crippen molar-refractivity contribution in [2.75, 3.05) is 23.9 Å². The van der Waals surface area contributed by atoms with Crippen molar-refractivity contribution in [1.29, 1.82) is 0 Å². The Morgan fingerprint density at radius 1 is 1.14 bits per heavy atom. The Kier molecular flexibility index (Phi) is 5.93. The molecule has 3 rings (SSSR count). The van der Waals surface area contributed by atoms with Gasteiger partial charge in [0.2, 0.25) is 5.91 Å². The van der Waals surface area contributed by atoms with Gasteiger partial charge in [0.05, 0.1) is 12.7 Å². The van der Waals surface area contributed by atoms with Crippen LogP contribution in [0.5, 0.6) is 5.75 Å². The van der Waals surface area contributed by atoms with Crippen LogP contribution in [-0.4, -0.2) is 37.5 Å². The minimum Gasteiger partial charge on any atom is -0.497 e.